The number of fused-ring (bicyclic) bond motifs is 1. The van der Waals surface area contributed by atoms with E-state index < -0.39 is 0 Å². The van der Waals surface area contributed by atoms with Gasteiger partial charge in [-0.05, 0) is 58.0 Å². The first kappa shape index (κ1) is 20.2. The van der Waals surface area contributed by atoms with Gasteiger partial charge in [-0.2, -0.15) is 10.4 Å². The molecule has 1 fully saturated rings. The number of nitriles is 1. The maximum atomic E-state index is 9.50. The molecule has 3 aromatic heterocycles. The van der Waals surface area contributed by atoms with Gasteiger partial charge in [-0.1, -0.05) is 0 Å². The molecule has 7 heteroatoms. The van der Waals surface area contributed by atoms with E-state index in [1.54, 1.807) is 10.7 Å². The summed E-state index contributed by atoms with van der Waals surface area (Å²) in [5.41, 5.74) is 3.17. The van der Waals surface area contributed by atoms with E-state index in [0.29, 0.717) is 12.2 Å². The van der Waals surface area contributed by atoms with Crippen molar-refractivity contribution in [1.82, 2.24) is 19.5 Å². The summed E-state index contributed by atoms with van der Waals surface area (Å²) in [6.45, 7) is 5.75. The number of aromatic nitrogens is 3. The Morgan fingerprint density at radius 1 is 1.23 bits per heavy atom. The van der Waals surface area contributed by atoms with Crippen LogP contribution in [0.2, 0.25) is 0 Å². The highest BCUT2D eigenvalue weighted by atomic mass is 16.5. The van der Waals surface area contributed by atoms with E-state index in [2.05, 4.69) is 47.2 Å². The van der Waals surface area contributed by atoms with Crippen LogP contribution in [0.4, 0.5) is 5.82 Å². The Kier molecular flexibility index (Phi) is 5.86. The van der Waals surface area contributed by atoms with Gasteiger partial charge < -0.3 is 14.5 Å². The zero-order chi connectivity index (χ0) is 21.1. The molecule has 156 valence electrons. The molecule has 4 heterocycles. The first-order valence-corrected chi connectivity index (χ1v) is 10.5. The number of nitrogens with zero attached hydrogens (tertiary/aromatic N) is 6. The summed E-state index contributed by atoms with van der Waals surface area (Å²) in [4.78, 5) is 9.39. The molecule has 0 N–H and O–H groups in total. The van der Waals surface area contributed by atoms with Gasteiger partial charge in [0, 0.05) is 37.0 Å². The Morgan fingerprint density at radius 3 is 2.67 bits per heavy atom. The van der Waals surface area contributed by atoms with Gasteiger partial charge in [0.05, 0.1) is 30.1 Å². The number of ether oxygens (including phenoxy) is 1. The lowest BCUT2D eigenvalue weighted by molar-refractivity contribution is 0.284. The zero-order valence-corrected chi connectivity index (χ0v) is 17.9. The van der Waals surface area contributed by atoms with Crippen LogP contribution in [0, 0.1) is 17.2 Å². The van der Waals surface area contributed by atoms with E-state index in [1.807, 2.05) is 25.4 Å². The average Bonchev–Trinajstić information content (AvgIpc) is 3.17. The second-order valence-electron chi connectivity index (χ2n) is 8.08. The lowest BCUT2D eigenvalue weighted by atomic mass is 9.96. The molecule has 1 aliphatic rings. The number of rotatable bonds is 6. The van der Waals surface area contributed by atoms with Crippen LogP contribution in [0.15, 0.2) is 36.8 Å². The third kappa shape index (κ3) is 4.10. The maximum Gasteiger partial charge on any atom is 0.138 e. The first-order chi connectivity index (χ1) is 14.6. The Hall–Kier alpha value is -3.11. The van der Waals surface area contributed by atoms with Crippen molar-refractivity contribution < 1.29 is 4.74 Å². The van der Waals surface area contributed by atoms with Gasteiger partial charge in [-0.25, -0.2) is 9.50 Å². The molecule has 0 bridgehead atoms. The molecule has 1 aliphatic heterocycles. The number of piperidine rings is 1. The van der Waals surface area contributed by atoms with Crippen molar-refractivity contribution in [1.29, 1.82) is 5.26 Å². The summed E-state index contributed by atoms with van der Waals surface area (Å²) >= 11 is 0. The zero-order valence-electron chi connectivity index (χ0n) is 17.9. The fourth-order valence-electron chi connectivity index (χ4n) is 4.24. The van der Waals surface area contributed by atoms with Crippen molar-refractivity contribution in [3.05, 3.63) is 42.4 Å². The molecule has 0 aliphatic carbocycles. The van der Waals surface area contributed by atoms with Crippen LogP contribution in [-0.4, -0.2) is 59.8 Å². The number of hydrogen-bond donors (Lipinski definition) is 0. The summed E-state index contributed by atoms with van der Waals surface area (Å²) < 4.78 is 7.41. The van der Waals surface area contributed by atoms with Crippen molar-refractivity contribution in [2.75, 3.05) is 45.2 Å². The maximum absolute atomic E-state index is 9.50. The van der Waals surface area contributed by atoms with Crippen molar-refractivity contribution in [2.24, 2.45) is 5.92 Å². The second kappa shape index (κ2) is 8.72. The van der Waals surface area contributed by atoms with Gasteiger partial charge in [-0.15, -0.1) is 0 Å². The Bertz CT molecular complexity index is 1040. The topological polar surface area (TPSA) is 69.7 Å². The molecular weight excluding hydrogens is 376 g/mol. The van der Waals surface area contributed by atoms with E-state index in [9.17, 15) is 5.26 Å². The number of hydrogen-bond acceptors (Lipinski definition) is 6. The van der Waals surface area contributed by atoms with E-state index in [0.717, 1.165) is 53.8 Å². The van der Waals surface area contributed by atoms with Gasteiger partial charge >= 0.3 is 0 Å². The summed E-state index contributed by atoms with van der Waals surface area (Å²) in [6.07, 6.45) is 7.68. The summed E-state index contributed by atoms with van der Waals surface area (Å²) in [5.74, 6) is 2.49. The molecule has 0 radical (unpaired) electrons. The molecular formula is C23H28N6O. The minimum Gasteiger partial charge on any atom is -0.492 e. The van der Waals surface area contributed by atoms with Gasteiger partial charge in [0.25, 0.3) is 0 Å². The van der Waals surface area contributed by atoms with Crippen molar-refractivity contribution in [3.63, 3.8) is 0 Å². The Morgan fingerprint density at radius 2 is 2.03 bits per heavy atom. The van der Waals surface area contributed by atoms with Crippen molar-refractivity contribution in [3.8, 4) is 22.9 Å². The SMILES string of the molecule is CCOc1cc(-c2ccc(N3CCC(CN(C)C)CC3)nc2)c2c(C#N)cnn2c1. The fourth-order valence-corrected chi connectivity index (χ4v) is 4.24. The van der Waals surface area contributed by atoms with Gasteiger partial charge in [-0.3, -0.25) is 0 Å². The van der Waals surface area contributed by atoms with Crippen LogP contribution in [0.25, 0.3) is 16.6 Å². The van der Waals surface area contributed by atoms with Gasteiger partial charge in [0.15, 0.2) is 0 Å². The number of anilines is 1. The normalized spacial score (nSPS) is 15.0. The minimum atomic E-state index is 0.542. The first-order valence-electron chi connectivity index (χ1n) is 10.5. The summed E-state index contributed by atoms with van der Waals surface area (Å²) in [7, 11) is 4.28. The van der Waals surface area contributed by atoms with Crippen LogP contribution in [0.5, 0.6) is 5.75 Å². The lowest BCUT2D eigenvalue weighted by Crippen LogP contribution is -2.37. The third-order valence-corrected chi connectivity index (χ3v) is 5.64. The Balaban J connectivity index is 1.59. The highest BCUT2D eigenvalue weighted by molar-refractivity contribution is 5.85. The fraction of sp³-hybridized carbons (Fsp3) is 0.435. The molecule has 1 saturated heterocycles. The second-order valence-corrected chi connectivity index (χ2v) is 8.08. The molecule has 7 nitrogen and oxygen atoms in total. The predicted molar refractivity (Wildman–Crippen MR) is 118 cm³/mol. The third-order valence-electron chi connectivity index (χ3n) is 5.64. The lowest BCUT2D eigenvalue weighted by Gasteiger charge is -2.34. The van der Waals surface area contributed by atoms with Crippen LogP contribution in [0.3, 0.4) is 0 Å². The highest BCUT2D eigenvalue weighted by Gasteiger charge is 2.21. The molecule has 0 unspecified atom stereocenters. The highest BCUT2D eigenvalue weighted by Crippen LogP contribution is 2.32. The van der Waals surface area contributed by atoms with E-state index in [-0.39, 0.29) is 0 Å². The quantitative estimate of drug-likeness (QED) is 0.627. The molecule has 0 atom stereocenters. The van der Waals surface area contributed by atoms with Crippen molar-refractivity contribution in [2.45, 2.75) is 19.8 Å². The summed E-state index contributed by atoms with van der Waals surface area (Å²) in [6, 6.07) is 8.35. The molecule has 0 aromatic carbocycles. The standard InChI is InChI=1S/C23H28N6O/c1-4-30-20-11-21(23-19(12-24)14-26-29(23)16-20)18-5-6-22(25-13-18)28-9-7-17(8-10-28)15-27(2)3/h5-6,11,13-14,16-17H,4,7-10,15H2,1-3H3. The molecule has 0 spiro atoms. The van der Waals surface area contributed by atoms with Crippen LogP contribution < -0.4 is 9.64 Å². The van der Waals surface area contributed by atoms with E-state index in [4.69, 9.17) is 9.72 Å². The van der Waals surface area contributed by atoms with Crippen LogP contribution >= 0.6 is 0 Å². The van der Waals surface area contributed by atoms with Crippen molar-refractivity contribution >= 4 is 11.3 Å². The van der Waals surface area contributed by atoms with Crippen LogP contribution in [0.1, 0.15) is 25.3 Å². The molecule has 30 heavy (non-hydrogen) atoms. The van der Waals surface area contributed by atoms with E-state index >= 15 is 0 Å². The minimum absolute atomic E-state index is 0.542. The monoisotopic (exact) mass is 404 g/mol. The van der Waals surface area contributed by atoms with E-state index in [1.165, 1.54) is 12.8 Å². The Labute approximate surface area is 177 Å². The molecule has 0 amide bonds. The van der Waals surface area contributed by atoms with Gasteiger partial charge in [0.2, 0.25) is 0 Å². The average molecular weight is 405 g/mol. The molecule has 0 saturated carbocycles. The largest absolute Gasteiger partial charge is 0.492 e. The number of pyridine rings is 2. The molecule has 4 rings (SSSR count). The summed E-state index contributed by atoms with van der Waals surface area (Å²) in [5, 5.41) is 13.8. The van der Waals surface area contributed by atoms with Gasteiger partial charge in [0.1, 0.15) is 17.6 Å². The predicted octanol–water partition coefficient (Wildman–Crippen LogP) is 3.44. The van der Waals surface area contributed by atoms with Crippen LogP contribution in [-0.2, 0) is 0 Å². The smallest absolute Gasteiger partial charge is 0.138 e. The molecule has 3 aromatic rings.